The molecular formula is C5H5B2N3O2. The number of hydrogen-bond donors (Lipinski definition) is 0. The van der Waals surface area contributed by atoms with Crippen LogP contribution in [0.3, 0.4) is 0 Å². The minimum absolute atomic E-state index is 0.452. The molecule has 0 amide bonds. The average Bonchev–Trinajstić information content (AvgIpc) is 2.06. The summed E-state index contributed by atoms with van der Waals surface area (Å²) < 4.78 is 2.07. The molecule has 0 aliphatic carbocycles. The van der Waals surface area contributed by atoms with E-state index < -0.39 is 11.2 Å². The molecule has 0 atom stereocenters. The molecule has 0 aliphatic rings. The van der Waals surface area contributed by atoms with Gasteiger partial charge in [-0.3, -0.25) is 0 Å². The van der Waals surface area contributed by atoms with Crippen molar-refractivity contribution in [3.05, 3.63) is 33.1 Å². The Hall–Kier alpha value is -1.39. The van der Waals surface area contributed by atoms with E-state index in [4.69, 9.17) is 7.98 Å². The summed E-state index contributed by atoms with van der Waals surface area (Å²) in [4.78, 5) is 25.2. The van der Waals surface area contributed by atoms with Crippen LogP contribution in [0.5, 0.6) is 0 Å². The van der Waals surface area contributed by atoms with Crippen molar-refractivity contribution in [2.75, 3.05) is 0 Å². The average molecular weight is 161 g/mol. The van der Waals surface area contributed by atoms with E-state index in [2.05, 4.69) is 4.81 Å². The van der Waals surface area contributed by atoms with Crippen molar-refractivity contribution < 1.29 is 0 Å². The molecule has 0 aliphatic heterocycles. The molecule has 0 N–H and O–H groups in total. The van der Waals surface area contributed by atoms with Crippen LogP contribution in [0.4, 0.5) is 0 Å². The van der Waals surface area contributed by atoms with Gasteiger partial charge in [0.25, 0.3) is 0 Å². The first kappa shape index (κ1) is 8.70. The van der Waals surface area contributed by atoms with E-state index in [-0.39, 0.29) is 0 Å². The SMILES string of the molecule is [B]N=Bn1c(=O)ccn(C)c1=O. The van der Waals surface area contributed by atoms with E-state index >= 15 is 0 Å². The van der Waals surface area contributed by atoms with Gasteiger partial charge in [-0.25, -0.2) is 0 Å². The van der Waals surface area contributed by atoms with Crippen LogP contribution in [0, 0.1) is 0 Å². The third kappa shape index (κ3) is 1.44. The first-order valence-corrected chi connectivity index (χ1v) is 3.18. The molecule has 0 saturated carbocycles. The Balaban J connectivity index is 3.55. The van der Waals surface area contributed by atoms with Crippen LogP contribution in [0.15, 0.2) is 26.7 Å². The number of aromatic nitrogens is 2. The van der Waals surface area contributed by atoms with Gasteiger partial charge in [-0.15, -0.1) is 0 Å². The first-order valence-electron chi connectivity index (χ1n) is 3.18. The predicted octanol–water partition coefficient (Wildman–Crippen LogP) is -1.72. The van der Waals surface area contributed by atoms with Crippen LogP contribution >= 0.6 is 0 Å². The fourth-order valence-electron chi connectivity index (χ4n) is 0.757. The third-order valence-electron chi connectivity index (χ3n) is 1.37. The van der Waals surface area contributed by atoms with Crippen LogP contribution in [-0.4, -0.2) is 24.2 Å². The molecule has 1 heterocycles. The van der Waals surface area contributed by atoms with Gasteiger partial charge >= 0.3 is 69.2 Å². The molecule has 1 aromatic rings. The Bertz CT molecular complexity index is 419. The summed E-state index contributed by atoms with van der Waals surface area (Å²) in [5.74, 6) is 0. The van der Waals surface area contributed by atoms with E-state index in [0.717, 1.165) is 11.7 Å². The summed E-state index contributed by atoms with van der Waals surface area (Å²) in [6, 6.07) is 1.25. The molecule has 0 bridgehead atoms. The maximum absolute atomic E-state index is 11.2. The number of aryl methyl sites for hydroxylation is 1. The molecule has 0 fully saturated rings. The van der Waals surface area contributed by atoms with Gasteiger partial charge in [-0.1, -0.05) is 0 Å². The zero-order valence-corrected chi connectivity index (χ0v) is 6.47. The Labute approximate surface area is 70.1 Å². The van der Waals surface area contributed by atoms with Crippen molar-refractivity contribution in [2.45, 2.75) is 0 Å². The summed E-state index contributed by atoms with van der Waals surface area (Å²) in [6.45, 7) is 0. The van der Waals surface area contributed by atoms with Crippen LogP contribution in [-0.2, 0) is 7.05 Å². The topological polar surface area (TPSA) is 56.4 Å². The molecular weight excluding hydrogens is 156 g/mol. The quantitative estimate of drug-likeness (QED) is 0.459. The van der Waals surface area contributed by atoms with E-state index in [1.165, 1.54) is 23.9 Å². The van der Waals surface area contributed by atoms with E-state index in [1.807, 2.05) is 0 Å². The fourth-order valence-corrected chi connectivity index (χ4v) is 0.757. The Morgan fingerprint density at radius 2 is 2.25 bits per heavy atom. The van der Waals surface area contributed by atoms with E-state index in [9.17, 15) is 9.59 Å². The normalized spacial score (nSPS) is 10.1. The van der Waals surface area contributed by atoms with Gasteiger partial charge in [0, 0.05) is 0 Å². The second-order valence-electron chi connectivity index (χ2n) is 2.18. The Morgan fingerprint density at radius 1 is 1.58 bits per heavy atom. The second kappa shape index (κ2) is 3.34. The van der Waals surface area contributed by atoms with Crippen LogP contribution in [0.25, 0.3) is 0 Å². The summed E-state index contributed by atoms with van der Waals surface area (Å²) >= 11 is 0. The summed E-state index contributed by atoms with van der Waals surface area (Å²) in [6.07, 6.45) is 1.38. The van der Waals surface area contributed by atoms with Crippen molar-refractivity contribution >= 4 is 15.2 Å². The second-order valence-corrected chi connectivity index (χ2v) is 2.18. The van der Waals surface area contributed by atoms with Gasteiger partial charge in [0.1, 0.15) is 0 Å². The van der Waals surface area contributed by atoms with E-state index in [1.54, 1.807) is 0 Å². The van der Waals surface area contributed by atoms with Crippen molar-refractivity contribution in [1.29, 1.82) is 0 Å². The molecule has 0 saturated heterocycles. The fraction of sp³-hybridized carbons (Fsp3) is 0.200. The third-order valence-corrected chi connectivity index (χ3v) is 1.37. The zero-order valence-electron chi connectivity index (χ0n) is 6.47. The monoisotopic (exact) mass is 161 g/mol. The maximum atomic E-state index is 11.2. The molecule has 1 aromatic heterocycles. The van der Waals surface area contributed by atoms with Crippen LogP contribution in [0.2, 0.25) is 0 Å². The summed E-state index contributed by atoms with van der Waals surface area (Å²) in [7, 11) is 7.32. The van der Waals surface area contributed by atoms with Gasteiger partial charge in [-0.05, 0) is 0 Å². The number of hydrogen-bond acceptors (Lipinski definition) is 3. The predicted molar refractivity (Wildman–Crippen MR) is 45.3 cm³/mol. The van der Waals surface area contributed by atoms with Gasteiger partial charge < -0.3 is 0 Å². The summed E-state index contributed by atoms with van der Waals surface area (Å²) in [5, 5.41) is 0. The standard InChI is InChI=1S/C5H5B2N3O2/c1-9-3-2-4(11)10(5(9)12)7-8-6/h2-3H,1H3. The molecule has 0 spiro atoms. The molecule has 2 radical (unpaired) electrons. The van der Waals surface area contributed by atoms with Crippen LogP contribution < -0.4 is 11.2 Å². The minimum atomic E-state index is -0.475. The first-order chi connectivity index (χ1) is 5.66. The van der Waals surface area contributed by atoms with Crippen molar-refractivity contribution in [3.8, 4) is 0 Å². The van der Waals surface area contributed by atoms with Gasteiger partial charge in [0.05, 0.1) is 0 Å². The molecule has 5 nitrogen and oxygen atoms in total. The van der Waals surface area contributed by atoms with Crippen LogP contribution in [0.1, 0.15) is 0 Å². The molecule has 7 heteroatoms. The van der Waals surface area contributed by atoms with Crippen molar-refractivity contribution in [1.82, 2.24) is 9.05 Å². The molecule has 1 rings (SSSR count). The van der Waals surface area contributed by atoms with Gasteiger partial charge in [-0.2, -0.15) is 0 Å². The Kier molecular flexibility index (Phi) is 2.42. The van der Waals surface area contributed by atoms with E-state index in [0.29, 0.717) is 0 Å². The zero-order chi connectivity index (χ0) is 9.14. The summed E-state index contributed by atoms with van der Waals surface area (Å²) in [5.41, 5.74) is -0.927. The van der Waals surface area contributed by atoms with Crippen molar-refractivity contribution in [3.63, 3.8) is 0 Å². The molecule has 12 heavy (non-hydrogen) atoms. The molecule has 58 valence electrons. The van der Waals surface area contributed by atoms with Gasteiger partial charge in [0.15, 0.2) is 0 Å². The molecule has 0 unspecified atom stereocenters. The molecule has 0 aromatic carbocycles. The van der Waals surface area contributed by atoms with Gasteiger partial charge in [0.2, 0.25) is 0 Å². The number of nitrogens with zero attached hydrogens (tertiary/aromatic N) is 3. The Morgan fingerprint density at radius 3 is 2.83 bits per heavy atom. The number of rotatable bonds is 1. The van der Waals surface area contributed by atoms with Crippen molar-refractivity contribution in [2.24, 2.45) is 11.9 Å².